The van der Waals surface area contributed by atoms with Crippen molar-refractivity contribution in [2.45, 2.75) is 19.0 Å². The molecule has 8 heteroatoms. The molecule has 122 valence electrons. The van der Waals surface area contributed by atoms with E-state index in [1.807, 2.05) is 0 Å². The Labute approximate surface area is 131 Å². The fourth-order valence-electron chi connectivity index (χ4n) is 2.84. The van der Waals surface area contributed by atoms with Crippen LogP contribution in [0, 0.1) is 0 Å². The Kier molecular flexibility index (Phi) is 4.16. The summed E-state index contributed by atoms with van der Waals surface area (Å²) in [5, 5.41) is 8.95. The number of aliphatic carboxylic acids is 1. The number of benzene rings is 1. The van der Waals surface area contributed by atoms with E-state index < -0.39 is 12.0 Å². The van der Waals surface area contributed by atoms with Gasteiger partial charge in [-0.15, -0.1) is 0 Å². The fraction of sp³-hybridized carbons (Fsp3) is 0.400. The van der Waals surface area contributed by atoms with Gasteiger partial charge in [0.2, 0.25) is 5.91 Å². The highest BCUT2D eigenvalue weighted by Crippen LogP contribution is 2.14. The number of rotatable bonds is 4. The second-order valence-electron chi connectivity index (χ2n) is 5.45. The van der Waals surface area contributed by atoms with Crippen LogP contribution in [0.3, 0.4) is 0 Å². The van der Waals surface area contributed by atoms with Crippen LogP contribution in [-0.4, -0.2) is 57.2 Å². The molecule has 2 N–H and O–H groups in total. The van der Waals surface area contributed by atoms with E-state index in [9.17, 15) is 14.4 Å². The first-order chi connectivity index (χ1) is 11.1. The second-order valence-corrected chi connectivity index (χ2v) is 5.45. The molecule has 2 heterocycles. The first-order valence-electron chi connectivity index (χ1n) is 7.33. The summed E-state index contributed by atoms with van der Waals surface area (Å²) in [6.07, 6.45) is -0.172. The van der Waals surface area contributed by atoms with E-state index in [4.69, 9.17) is 9.84 Å². The minimum atomic E-state index is -0.984. The Morgan fingerprint density at radius 1 is 1.35 bits per heavy atom. The Balaban J connectivity index is 1.83. The van der Waals surface area contributed by atoms with Crippen LogP contribution in [0.2, 0.25) is 0 Å². The van der Waals surface area contributed by atoms with Crippen molar-refractivity contribution in [2.75, 3.05) is 19.8 Å². The zero-order valence-electron chi connectivity index (χ0n) is 12.4. The number of aromatic amines is 1. The maximum Gasteiger partial charge on any atom is 0.326 e. The van der Waals surface area contributed by atoms with Crippen LogP contribution in [0.15, 0.2) is 29.1 Å². The summed E-state index contributed by atoms with van der Waals surface area (Å²) in [6.45, 7) is 0.762. The average molecular weight is 319 g/mol. The summed E-state index contributed by atoms with van der Waals surface area (Å²) in [6, 6.07) is 6.61. The number of morpholine rings is 1. The fourth-order valence-corrected chi connectivity index (χ4v) is 2.84. The largest absolute Gasteiger partial charge is 0.481 e. The number of aromatic nitrogens is 2. The smallest absolute Gasteiger partial charge is 0.326 e. The number of hydrogen-bond donors (Lipinski definition) is 2. The number of hydrogen-bond acceptors (Lipinski definition) is 4. The van der Waals surface area contributed by atoms with E-state index in [0.29, 0.717) is 24.2 Å². The lowest BCUT2D eigenvalue weighted by Gasteiger charge is -2.34. The SMILES string of the molecule is O=C(O)CC1COCCN1C(=O)Cn1c(=O)[nH]c2ccccc21. The van der Waals surface area contributed by atoms with Gasteiger partial charge in [-0.05, 0) is 12.1 Å². The Morgan fingerprint density at radius 2 is 2.13 bits per heavy atom. The third-order valence-electron chi connectivity index (χ3n) is 3.93. The summed E-state index contributed by atoms with van der Waals surface area (Å²) in [5.74, 6) is -1.27. The summed E-state index contributed by atoms with van der Waals surface area (Å²) in [7, 11) is 0. The highest BCUT2D eigenvalue weighted by atomic mass is 16.5. The van der Waals surface area contributed by atoms with Crippen LogP contribution in [0.1, 0.15) is 6.42 Å². The molecule has 0 radical (unpaired) electrons. The third kappa shape index (κ3) is 3.11. The molecule has 1 aliphatic rings. The molecule has 0 aliphatic carbocycles. The molecule has 8 nitrogen and oxygen atoms in total. The topological polar surface area (TPSA) is 105 Å². The van der Waals surface area contributed by atoms with Gasteiger partial charge in [-0.1, -0.05) is 12.1 Å². The van der Waals surface area contributed by atoms with E-state index in [1.165, 1.54) is 9.47 Å². The summed E-state index contributed by atoms with van der Waals surface area (Å²) < 4.78 is 6.63. The van der Waals surface area contributed by atoms with Gasteiger partial charge in [0, 0.05) is 6.54 Å². The van der Waals surface area contributed by atoms with Gasteiger partial charge in [0.15, 0.2) is 0 Å². The number of carboxylic acid groups (broad SMARTS) is 1. The number of imidazole rings is 1. The third-order valence-corrected chi connectivity index (χ3v) is 3.93. The zero-order chi connectivity index (χ0) is 16.4. The van der Waals surface area contributed by atoms with Crippen LogP contribution in [-0.2, 0) is 20.9 Å². The maximum atomic E-state index is 12.6. The Morgan fingerprint density at radius 3 is 2.91 bits per heavy atom. The van der Waals surface area contributed by atoms with Crippen molar-refractivity contribution >= 4 is 22.9 Å². The first-order valence-corrected chi connectivity index (χ1v) is 7.33. The number of para-hydroxylation sites is 2. The molecule has 2 aromatic rings. The number of fused-ring (bicyclic) bond motifs is 1. The standard InChI is InChI=1S/C15H17N3O5/c19-13(17-5-6-23-9-10(17)7-14(20)21)8-18-12-4-2-1-3-11(12)16-15(18)22/h1-4,10H,5-9H2,(H,16,22)(H,20,21). The Hall–Kier alpha value is -2.61. The number of carbonyl (C=O) groups excluding carboxylic acids is 1. The molecule has 1 aliphatic heterocycles. The molecule has 3 rings (SSSR count). The number of ether oxygens (including phenoxy) is 1. The minimum Gasteiger partial charge on any atom is -0.481 e. The number of amides is 1. The molecule has 0 spiro atoms. The van der Waals surface area contributed by atoms with Crippen molar-refractivity contribution in [3.05, 3.63) is 34.7 Å². The second kappa shape index (κ2) is 6.25. The molecular weight excluding hydrogens is 302 g/mol. The van der Waals surface area contributed by atoms with Crippen LogP contribution < -0.4 is 5.69 Å². The molecule has 1 amide bonds. The number of carbonyl (C=O) groups is 2. The average Bonchev–Trinajstić information content (AvgIpc) is 2.83. The quantitative estimate of drug-likeness (QED) is 0.827. The van der Waals surface area contributed by atoms with Gasteiger partial charge in [0.1, 0.15) is 6.54 Å². The lowest BCUT2D eigenvalue weighted by molar-refractivity contribution is -0.146. The minimum absolute atomic E-state index is 0.126. The predicted molar refractivity (Wildman–Crippen MR) is 81.1 cm³/mol. The van der Waals surface area contributed by atoms with Crippen LogP contribution >= 0.6 is 0 Å². The molecule has 1 atom stereocenters. The monoisotopic (exact) mass is 319 g/mol. The lowest BCUT2D eigenvalue weighted by Crippen LogP contribution is -2.51. The van der Waals surface area contributed by atoms with Crippen LogP contribution in [0.5, 0.6) is 0 Å². The number of nitrogens with one attached hydrogen (secondary N) is 1. The van der Waals surface area contributed by atoms with Crippen molar-refractivity contribution < 1.29 is 19.4 Å². The van der Waals surface area contributed by atoms with Gasteiger partial charge in [-0.2, -0.15) is 0 Å². The van der Waals surface area contributed by atoms with Crippen LogP contribution in [0.4, 0.5) is 0 Å². The maximum absolute atomic E-state index is 12.6. The zero-order valence-corrected chi connectivity index (χ0v) is 12.4. The van der Waals surface area contributed by atoms with E-state index in [1.54, 1.807) is 24.3 Å². The van der Waals surface area contributed by atoms with Crippen molar-refractivity contribution in [3.63, 3.8) is 0 Å². The molecule has 1 unspecified atom stereocenters. The molecule has 1 saturated heterocycles. The molecule has 1 aromatic carbocycles. The number of nitrogens with zero attached hydrogens (tertiary/aromatic N) is 2. The van der Waals surface area contributed by atoms with Crippen LogP contribution in [0.25, 0.3) is 11.0 Å². The summed E-state index contributed by atoms with van der Waals surface area (Å²) in [4.78, 5) is 39.7. The molecule has 1 aromatic heterocycles. The molecule has 0 bridgehead atoms. The van der Waals surface area contributed by atoms with Crippen molar-refractivity contribution in [2.24, 2.45) is 0 Å². The van der Waals surface area contributed by atoms with E-state index >= 15 is 0 Å². The molecular formula is C15H17N3O5. The van der Waals surface area contributed by atoms with Gasteiger partial charge in [0.25, 0.3) is 0 Å². The normalized spacial score (nSPS) is 18.3. The summed E-state index contributed by atoms with van der Waals surface area (Å²) in [5.41, 5.74) is 0.950. The van der Waals surface area contributed by atoms with E-state index in [-0.39, 0.29) is 31.2 Å². The number of H-pyrrole nitrogens is 1. The van der Waals surface area contributed by atoms with Crippen molar-refractivity contribution in [1.82, 2.24) is 14.5 Å². The summed E-state index contributed by atoms with van der Waals surface area (Å²) >= 11 is 0. The molecule has 1 fully saturated rings. The highest BCUT2D eigenvalue weighted by Gasteiger charge is 2.29. The van der Waals surface area contributed by atoms with Crippen molar-refractivity contribution in [1.29, 1.82) is 0 Å². The van der Waals surface area contributed by atoms with Gasteiger partial charge in [0.05, 0.1) is 36.7 Å². The first kappa shape index (κ1) is 15.3. The van der Waals surface area contributed by atoms with Gasteiger partial charge in [-0.25, -0.2) is 4.79 Å². The molecule has 23 heavy (non-hydrogen) atoms. The van der Waals surface area contributed by atoms with Gasteiger partial charge >= 0.3 is 11.7 Å². The highest BCUT2D eigenvalue weighted by molar-refractivity contribution is 5.81. The van der Waals surface area contributed by atoms with E-state index in [2.05, 4.69) is 4.98 Å². The van der Waals surface area contributed by atoms with Gasteiger partial charge in [-0.3, -0.25) is 14.2 Å². The Bertz CT molecular complexity index is 794. The van der Waals surface area contributed by atoms with Gasteiger partial charge < -0.3 is 19.7 Å². The van der Waals surface area contributed by atoms with E-state index in [0.717, 1.165) is 0 Å². The predicted octanol–water partition coefficient (Wildman–Crippen LogP) is 0.0317. The molecule has 0 saturated carbocycles. The lowest BCUT2D eigenvalue weighted by atomic mass is 10.1. The van der Waals surface area contributed by atoms with Crippen molar-refractivity contribution in [3.8, 4) is 0 Å². The number of carboxylic acids is 1.